The smallest absolute Gasteiger partial charge is 0.340 e. The number of hydrogen-bond acceptors (Lipinski definition) is 6. The Bertz CT molecular complexity index is 1130. The predicted molar refractivity (Wildman–Crippen MR) is 99.2 cm³/mol. The first-order valence-corrected chi connectivity index (χ1v) is 8.29. The number of hydrogen-bond donors (Lipinski definition) is 0. The maximum absolute atomic E-state index is 12.3. The molecule has 1 heterocycles. The monoisotopic (exact) mass is 387 g/mol. The Labute approximate surface area is 158 Å². The summed E-state index contributed by atoms with van der Waals surface area (Å²) in [6, 6.07) is 8.34. The van der Waals surface area contributed by atoms with Gasteiger partial charge in [-0.3, -0.25) is 10.1 Å². The third kappa shape index (κ3) is 3.83. The first-order chi connectivity index (χ1) is 12.8. The van der Waals surface area contributed by atoms with Gasteiger partial charge in [0, 0.05) is 29.1 Å². The van der Waals surface area contributed by atoms with Gasteiger partial charge in [-0.05, 0) is 43.2 Å². The summed E-state index contributed by atoms with van der Waals surface area (Å²) in [6.45, 7) is 3.60. The van der Waals surface area contributed by atoms with Crippen LogP contribution < -0.4 is 5.63 Å². The van der Waals surface area contributed by atoms with Crippen LogP contribution in [-0.4, -0.2) is 10.9 Å². The van der Waals surface area contributed by atoms with Crippen LogP contribution in [0.25, 0.3) is 11.0 Å². The highest BCUT2D eigenvalue weighted by atomic mass is 35.5. The van der Waals surface area contributed by atoms with Crippen molar-refractivity contribution in [2.24, 2.45) is 0 Å². The van der Waals surface area contributed by atoms with Crippen LogP contribution >= 0.6 is 11.6 Å². The minimum absolute atomic E-state index is 0.0366. The molecule has 0 saturated heterocycles. The van der Waals surface area contributed by atoms with E-state index in [0.717, 1.165) is 17.2 Å². The molecule has 0 N–H and O–H groups in total. The average Bonchev–Trinajstić information content (AvgIpc) is 2.61. The summed E-state index contributed by atoms with van der Waals surface area (Å²) < 4.78 is 10.4. The Morgan fingerprint density at radius 2 is 1.89 bits per heavy atom. The first-order valence-electron chi connectivity index (χ1n) is 7.91. The van der Waals surface area contributed by atoms with Gasteiger partial charge in [0.05, 0.1) is 15.5 Å². The molecule has 0 fully saturated rings. The van der Waals surface area contributed by atoms with Crippen molar-refractivity contribution in [3.63, 3.8) is 0 Å². The summed E-state index contributed by atoms with van der Waals surface area (Å²) >= 11 is 5.95. The summed E-state index contributed by atoms with van der Waals surface area (Å²) in [6.07, 6.45) is 0. The quantitative estimate of drug-likeness (QED) is 0.286. The number of nitro groups is 1. The van der Waals surface area contributed by atoms with Crippen LogP contribution in [0.15, 0.2) is 45.6 Å². The van der Waals surface area contributed by atoms with Gasteiger partial charge in [-0.1, -0.05) is 11.6 Å². The van der Waals surface area contributed by atoms with Crippen molar-refractivity contribution in [3.05, 3.63) is 84.2 Å². The van der Waals surface area contributed by atoms with Crippen molar-refractivity contribution < 1.29 is 18.9 Å². The van der Waals surface area contributed by atoms with Crippen LogP contribution in [0.2, 0.25) is 5.02 Å². The topological polar surface area (TPSA) is 99.7 Å². The number of aryl methyl sites for hydroxylation is 2. The van der Waals surface area contributed by atoms with Crippen LogP contribution in [0.3, 0.4) is 0 Å². The van der Waals surface area contributed by atoms with E-state index in [2.05, 4.69) is 0 Å². The highest BCUT2D eigenvalue weighted by Crippen LogP contribution is 2.25. The standard InChI is InChI=1S/C19H14ClNO6/c1-10-5-14-12(7-18(22)27-17(14)6-11(10)2)9-26-19(23)15-8-13(21(24)25)3-4-16(15)20/h3-8H,9H2,1-2H3. The second-order valence-electron chi connectivity index (χ2n) is 6.02. The number of rotatable bonds is 4. The van der Waals surface area contributed by atoms with E-state index in [1.165, 1.54) is 18.2 Å². The van der Waals surface area contributed by atoms with Gasteiger partial charge in [0.2, 0.25) is 0 Å². The molecule has 3 rings (SSSR count). The number of carbonyl (C=O) groups excluding carboxylic acids is 1. The molecule has 0 spiro atoms. The largest absolute Gasteiger partial charge is 0.457 e. The van der Waals surface area contributed by atoms with Gasteiger partial charge in [0.25, 0.3) is 5.69 Å². The van der Waals surface area contributed by atoms with Crippen molar-refractivity contribution >= 4 is 34.2 Å². The molecular formula is C19H14ClNO6. The summed E-state index contributed by atoms with van der Waals surface area (Å²) in [5, 5.41) is 11.6. The minimum atomic E-state index is -0.825. The molecule has 0 aliphatic heterocycles. The van der Waals surface area contributed by atoms with Gasteiger partial charge in [-0.25, -0.2) is 9.59 Å². The lowest BCUT2D eigenvalue weighted by Gasteiger charge is -2.10. The molecule has 0 bridgehead atoms. The van der Waals surface area contributed by atoms with Gasteiger partial charge in [-0.15, -0.1) is 0 Å². The molecule has 0 amide bonds. The molecule has 27 heavy (non-hydrogen) atoms. The number of non-ortho nitro benzene ring substituents is 1. The van der Waals surface area contributed by atoms with E-state index in [1.54, 1.807) is 6.07 Å². The summed E-state index contributed by atoms with van der Waals surface area (Å²) in [5.41, 5.74) is 1.86. The third-order valence-corrected chi connectivity index (χ3v) is 4.51. The number of carbonyl (C=O) groups is 1. The van der Waals surface area contributed by atoms with E-state index in [0.29, 0.717) is 16.5 Å². The lowest BCUT2D eigenvalue weighted by Crippen LogP contribution is -2.09. The van der Waals surface area contributed by atoms with Gasteiger partial charge in [0.1, 0.15) is 12.2 Å². The zero-order chi connectivity index (χ0) is 19.7. The Balaban J connectivity index is 1.92. The van der Waals surface area contributed by atoms with Gasteiger partial charge < -0.3 is 9.15 Å². The lowest BCUT2D eigenvalue weighted by atomic mass is 10.0. The zero-order valence-corrected chi connectivity index (χ0v) is 15.2. The molecular weight excluding hydrogens is 374 g/mol. The van der Waals surface area contributed by atoms with E-state index in [4.69, 9.17) is 20.8 Å². The molecule has 1 aromatic heterocycles. The lowest BCUT2D eigenvalue weighted by molar-refractivity contribution is -0.384. The van der Waals surface area contributed by atoms with Crippen molar-refractivity contribution in [1.29, 1.82) is 0 Å². The van der Waals surface area contributed by atoms with Crippen molar-refractivity contribution in [1.82, 2.24) is 0 Å². The molecule has 138 valence electrons. The van der Waals surface area contributed by atoms with E-state index >= 15 is 0 Å². The molecule has 7 nitrogen and oxygen atoms in total. The van der Waals surface area contributed by atoms with Crippen molar-refractivity contribution in [2.45, 2.75) is 20.5 Å². The van der Waals surface area contributed by atoms with Crippen molar-refractivity contribution in [2.75, 3.05) is 0 Å². The second kappa shape index (κ2) is 7.20. The van der Waals surface area contributed by atoms with E-state index < -0.39 is 16.5 Å². The molecule has 0 aliphatic carbocycles. The SMILES string of the molecule is Cc1cc2oc(=O)cc(COC(=O)c3cc([N+](=O)[O-])ccc3Cl)c2cc1C. The normalized spacial score (nSPS) is 10.8. The molecule has 2 aromatic carbocycles. The number of fused-ring (bicyclic) bond motifs is 1. The average molecular weight is 388 g/mol. The molecule has 0 unspecified atom stereocenters. The summed E-state index contributed by atoms with van der Waals surface area (Å²) in [4.78, 5) is 34.4. The predicted octanol–water partition coefficient (Wildman–Crippen LogP) is 4.33. The van der Waals surface area contributed by atoms with Gasteiger partial charge >= 0.3 is 11.6 Å². The van der Waals surface area contributed by atoms with E-state index in [9.17, 15) is 19.7 Å². The molecule has 8 heteroatoms. The third-order valence-electron chi connectivity index (χ3n) is 4.18. The van der Waals surface area contributed by atoms with E-state index in [-0.39, 0.29) is 22.9 Å². The Hall–Kier alpha value is -3.19. The zero-order valence-electron chi connectivity index (χ0n) is 14.4. The molecule has 0 atom stereocenters. The second-order valence-corrected chi connectivity index (χ2v) is 6.43. The van der Waals surface area contributed by atoms with Crippen molar-refractivity contribution in [3.8, 4) is 0 Å². The molecule has 3 aromatic rings. The number of benzene rings is 2. The highest BCUT2D eigenvalue weighted by molar-refractivity contribution is 6.33. The van der Waals surface area contributed by atoms with Crippen LogP contribution in [0.5, 0.6) is 0 Å². The van der Waals surface area contributed by atoms with E-state index in [1.807, 2.05) is 19.9 Å². The maximum atomic E-state index is 12.3. The fourth-order valence-corrected chi connectivity index (χ4v) is 2.80. The first kappa shape index (κ1) is 18.6. The van der Waals surface area contributed by atoms with Gasteiger partial charge in [-0.2, -0.15) is 0 Å². The van der Waals surface area contributed by atoms with Crippen LogP contribution in [0.4, 0.5) is 5.69 Å². The number of ether oxygens (including phenoxy) is 1. The molecule has 0 saturated carbocycles. The van der Waals surface area contributed by atoms with Crippen LogP contribution in [0.1, 0.15) is 27.0 Å². The van der Waals surface area contributed by atoms with Crippen LogP contribution in [-0.2, 0) is 11.3 Å². The van der Waals surface area contributed by atoms with Gasteiger partial charge in [0.15, 0.2) is 0 Å². The fraction of sp³-hybridized carbons (Fsp3) is 0.158. The Kier molecular flexibility index (Phi) is 4.96. The summed E-state index contributed by atoms with van der Waals surface area (Å²) in [7, 11) is 0. The fourth-order valence-electron chi connectivity index (χ4n) is 2.61. The van der Waals surface area contributed by atoms with Crippen LogP contribution in [0, 0.1) is 24.0 Å². The molecule has 0 aliphatic rings. The Morgan fingerprint density at radius 1 is 1.19 bits per heavy atom. The highest BCUT2D eigenvalue weighted by Gasteiger charge is 2.18. The number of nitrogens with zero attached hydrogens (tertiary/aromatic N) is 1. The maximum Gasteiger partial charge on any atom is 0.340 e. The minimum Gasteiger partial charge on any atom is -0.457 e. The number of nitro benzene ring substituents is 1. The molecule has 0 radical (unpaired) electrons. The summed E-state index contributed by atoms with van der Waals surface area (Å²) in [5.74, 6) is -0.825. The number of halogens is 1. The number of esters is 1. The Morgan fingerprint density at radius 3 is 2.59 bits per heavy atom.